The first-order chi connectivity index (χ1) is 10.7. The van der Waals surface area contributed by atoms with E-state index in [0.29, 0.717) is 13.1 Å². The molecular weight excluding hydrogens is 282 g/mol. The Kier molecular flexibility index (Phi) is 4.18. The fourth-order valence-corrected chi connectivity index (χ4v) is 2.55. The molecule has 1 fully saturated rings. The predicted molar refractivity (Wildman–Crippen MR) is 80.9 cm³/mol. The standard InChI is InChI=1S/C16H17N3O3/c20-15-14(4-2-8-18-15)16(21)19-9-5-12(6-10-19)22-13-3-1-7-17-11-13/h1-4,7-8,11-12H,5-6,9-10H2,(H,18,20). The Morgan fingerprint density at radius 3 is 2.77 bits per heavy atom. The van der Waals surface area contributed by atoms with Gasteiger partial charge in [-0.05, 0) is 24.3 Å². The minimum atomic E-state index is -0.346. The number of H-pyrrole nitrogens is 1. The zero-order valence-electron chi connectivity index (χ0n) is 12.1. The molecule has 1 N–H and O–H groups in total. The Bertz CT molecular complexity index is 691. The van der Waals surface area contributed by atoms with Crippen LogP contribution >= 0.6 is 0 Å². The zero-order valence-corrected chi connectivity index (χ0v) is 12.1. The lowest BCUT2D eigenvalue weighted by molar-refractivity contribution is 0.0593. The van der Waals surface area contributed by atoms with Crippen LogP contribution in [0, 0.1) is 0 Å². The van der Waals surface area contributed by atoms with Gasteiger partial charge in [0.1, 0.15) is 17.4 Å². The Labute approximate surface area is 127 Å². The molecule has 0 spiro atoms. The molecule has 3 rings (SSSR count). The predicted octanol–water partition coefficient (Wildman–Crippen LogP) is 1.45. The number of amides is 1. The van der Waals surface area contributed by atoms with E-state index in [-0.39, 0.29) is 23.1 Å². The van der Waals surface area contributed by atoms with Crippen molar-refractivity contribution in [1.82, 2.24) is 14.9 Å². The molecule has 0 saturated carbocycles. The van der Waals surface area contributed by atoms with Gasteiger partial charge in [-0.1, -0.05) is 0 Å². The molecule has 114 valence electrons. The molecule has 6 heteroatoms. The smallest absolute Gasteiger partial charge is 0.260 e. The number of piperidine rings is 1. The number of hydrogen-bond acceptors (Lipinski definition) is 4. The van der Waals surface area contributed by atoms with Crippen LogP contribution < -0.4 is 10.3 Å². The number of hydrogen-bond donors (Lipinski definition) is 1. The largest absolute Gasteiger partial charge is 0.489 e. The van der Waals surface area contributed by atoms with Gasteiger partial charge in [0.2, 0.25) is 0 Å². The van der Waals surface area contributed by atoms with Gasteiger partial charge in [-0.3, -0.25) is 14.6 Å². The highest BCUT2D eigenvalue weighted by Crippen LogP contribution is 2.18. The summed E-state index contributed by atoms with van der Waals surface area (Å²) in [6.07, 6.45) is 6.46. The van der Waals surface area contributed by atoms with Crippen molar-refractivity contribution in [1.29, 1.82) is 0 Å². The van der Waals surface area contributed by atoms with Crippen molar-refractivity contribution in [3.05, 3.63) is 58.8 Å². The number of likely N-dealkylation sites (tertiary alicyclic amines) is 1. The second-order valence-electron chi connectivity index (χ2n) is 5.21. The Morgan fingerprint density at radius 1 is 1.27 bits per heavy atom. The summed E-state index contributed by atoms with van der Waals surface area (Å²) < 4.78 is 5.84. The molecule has 2 aromatic heterocycles. The molecule has 1 saturated heterocycles. The average Bonchev–Trinajstić information content (AvgIpc) is 2.56. The summed E-state index contributed by atoms with van der Waals surface area (Å²) in [5, 5.41) is 0. The summed E-state index contributed by atoms with van der Waals surface area (Å²) in [5.41, 5.74) is -0.157. The fourth-order valence-electron chi connectivity index (χ4n) is 2.55. The molecule has 3 heterocycles. The maximum atomic E-state index is 12.3. The first kappa shape index (κ1) is 14.3. The second kappa shape index (κ2) is 6.43. The van der Waals surface area contributed by atoms with Crippen molar-refractivity contribution in [3.63, 3.8) is 0 Å². The summed E-state index contributed by atoms with van der Waals surface area (Å²) in [6.45, 7) is 1.16. The molecule has 1 aliphatic heterocycles. The number of ether oxygens (including phenoxy) is 1. The molecule has 0 bridgehead atoms. The molecule has 1 amide bonds. The van der Waals surface area contributed by atoms with E-state index in [4.69, 9.17) is 4.74 Å². The van der Waals surface area contributed by atoms with E-state index >= 15 is 0 Å². The third-order valence-electron chi connectivity index (χ3n) is 3.71. The van der Waals surface area contributed by atoms with Crippen LogP contribution in [0.3, 0.4) is 0 Å². The van der Waals surface area contributed by atoms with Crippen LogP contribution in [0.4, 0.5) is 0 Å². The van der Waals surface area contributed by atoms with Crippen molar-refractivity contribution in [2.24, 2.45) is 0 Å². The quantitative estimate of drug-likeness (QED) is 0.931. The molecule has 0 aromatic carbocycles. The topological polar surface area (TPSA) is 75.3 Å². The summed E-state index contributed by atoms with van der Waals surface area (Å²) >= 11 is 0. The van der Waals surface area contributed by atoms with Crippen molar-refractivity contribution >= 4 is 5.91 Å². The lowest BCUT2D eigenvalue weighted by atomic mass is 10.1. The van der Waals surface area contributed by atoms with Crippen molar-refractivity contribution in [2.45, 2.75) is 18.9 Å². The summed E-state index contributed by atoms with van der Waals surface area (Å²) in [4.78, 5) is 32.3. The number of nitrogens with one attached hydrogen (secondary N) is 1. The van der Waals surface area contributed by atoms with Crippen LogP contribution in [0.15, 0.2) is 47.7 Å². The monoisotopic (exact) mass is 299 g/mol. The summed E-state index contributed by atoms with van der Waals surface area (Å²) in [5.74, 6) is 0.522. The maximum Gasteiger partial charge on any atom is 0.260 e. The van der Waals surface area contributed by atoms with E-state index in [9.17, 15) is 9.59 Å². The number of aromatic nitrogens is 2. The molecule has 0 atom stereocenters. The molecule has 0 unspecified atom stereocenters. The van der Waals surface area contributed by atoms with Crippen molar-refractivity contribution in [2.75, 3.05) is 13.1 Å². The first-order valence-corrected chi connectivity index (χ1v) is 7.28. The third-order valence-corrected chi connectivity index (χ3v) is 3.71. The van der Waals surface area contributed by atoms with E-state index in [2.05, 4.69) is 9.97 Å². The van der Waals surface area contributed by atoms with E-state index < -0.39 is 0 Å². The minimum Gasteiger partial charge on any atom is -0.489 e. The molecule has 2 aromatic rings. The molecule has 0 radical (unpaired) electrons. The van der Waals surface area contributed by atoms with Gasteiger partial charge in [0, 0.05) is 38.3 Å². The van der Waals surface area contributed by atoms with Crippen LogP contribution in [-0.2, 0) is 0 Å². The van der Waals surface area contributed by atoms with Crippen LogP contribution in [0.25, 0.3) is 0 Å². The molecular formula is C16H17N3O3. The van der Waals surface area contributed by atoms with Gasteiger partial charge in [-0.15, -0.1) is 0 Å². The lowest BCUT2D eigenvalue weighted by Gasteiger charge is -2.32. The van der Waals surface area contributed by atoms with Gasteiger partial charge < -0.3 is 14.6 Å². The number of carbonyl (C=O) groups excluding carboxylic acids is 1. The van der Waals surface area contributed by atoms with E-state index in [1.54, 1.807) is 29.4 Å². The van der Waals surface area contributed by atoms with Gasteiger partial charge in [0.05, 0.1) is 6.20 Å². The number of nitrogens with zero attached hydrogens (tertiary/aromatic N) is 2. The highest BCUT2D eigenvalue weighted by Gasteiger charge is 2.25. The average molecular weight is 299 g/mol. The Morgan fingerprint density at radius 2 is 2.09 bits per heavy atom. The Balaban J connectivity index is 1.59. The molecule has 0 aliphatic carbocycles. The third kappa shape index (κ3) is 3.16. The SMILES string of the molecule is O=C(c1ccc[nH]c1=O)N1CCC(Oc2cccnc2)CC1. The van der Waals surface area contributed by atoms with E-state index in [0.717, 1.165) is 18.6 Å². The van der Waals surface area contributed by atoms with Gasteiger partial charge in [0.15, 0.2) is 0 Å². The second-order valence-corrected chi connectivity index (χ2v) is 5.21. The summed E-state index contributed by atoms with van der Waals surface area (Å²) in [7, 11) is 0. The normalized spacial score (nSPS) is 15.5. The maximum absolute atomic E-state index is 12.3. The minimum absolute atomic E-state index is 0.0716. The lowest BCUT2D eigenvalue weighted by Crippen LogP contribution is -2.43. The molecule has 1 aliphatic rings. The van der Waals surface area contributed by atoms with Gasteiger partial charge in [-0.25, -0.2) is 0 Å². The van der Waals surface area contributed by atoms with Crippen LogP contribution in [-0.4, -0.2) is 40.0 Å². The van der Waals surface area contributed by atoms with Crippen LogP contribution in [0.5, 0.6) is 5.75 Å². The number of aromatic amines is 1. The van der Waals surface area contributed by atoms with E-state index in [1.807, 2.05) is 12.1 Å². The van der Waals surface area contributed by atoms with Crippen molar-refractivity contribution < 1.29 is 9.53 Å². The zero-order chi connectivity index (χ0) is 15.4. The highest BCUT2D eigenvalue weighted by molar-refractivity contribution is 5.93. The fraction of sp³-hybridized carbons (Fsp3) is 0.312. The molecule has 6 nitrogen and oxygen atoms in total. The highest BCUT2D eigenvalue weighted by atomic mass is 16.5. The molecule has 22 heavy (non-hydrogen) atoms. The van der Waals surface area contributed by atoms with E-state index in [1.165, 1.54) is 6.20 Å². The van der Waals surface area contributed by atoms with Gasteiger partial charge in [0.25, 0.3) is 11.5 Å². The Hall–Kier alpha value is -2.63. The van der Waals surface area contributed by atoms with Gasteiger partial charge >= 0.3 is 0 Å². The van der Waals surface area contributed by atoms with Crippen LogP contribution in [0.2, 0.25) is 0 Å². The number of rotatable bonds is 3. The first-order valence-electron chi connectivity index (χ1n) is 7.28. The van der Waals surface area contributed by atoms with Crippen LogP contribution in [0.1, 0.15) is 23.2 Å². The number of pyridine rings is 2. The van der Waals surface area contributed by atoms with Crippen molar-refractivity contribution in [3.8, 4) is 5.75 Å². The number of carbonyl (C=O) groups is 1. The van der Waals surface area contributed by atoms with Gasteiger partial charge in [-0.2, -0.15) is 0 Å². The summed E-state index contributed by atoms with van der Waals surface area (Å²) in [6, 6.07) is 6.91.